The molecule has 2 aromatic rings. The number of anilines is 1. The lowest BCUT2D eigenvalue weighted by molar-refractivity contribution is 0.659. The SMILES string of the molecule is c1ccc2nc3c(cc2c1)C[C@@H](C1CC1)N3. The molecule has 1 atom stereocenters. The first-order chi connectivity index (χ1) is 7.90. The third-order valence-electron chi connectivity index (χ3n) is 3.76. The lowest BCUT2D eigenvalue weighted by atomic mass is 10.1. The van der Waals surface area contributed by atoms with Gasteiger partial charge in [-0.1, -0.05) is 18.2 Å². The van der Waals surface area contributed by atoms with Crippen LogP contribution in [-0.4, -0.2) is 11.0 Å². The molecule has 1 aromatic carbocycles. The quantitative estimate of drug-likeness (QED) is 0.782. The third kappa shape index (κ3) is 1.22. The van der Waals surface area contributed by atoms with E-state index >= 15 is 0 Å². The first kappa shape index (κ1) is 8.57. The molecular formula is C14H14N2. The largest absolute Gasteiger partial charge is 0.366 e. The fourth-order valence-corrected chi connectivity index (χ4v) is 2.69. The first-order valence-corrected chi connectivity index (χ1v) is 6.05. The van der Waals surface area contributed by atoms with E-state index in [9.17, 15) is 0 Å². The fourth-order valence-electron chi connectivity index (χ4n) is 2.69. The molecular weight excluding hydrogens is 196 g/mol. The van der Waals surface area contributed by atoms with Crippen molar-refractivity contribution in [2.24, 2.45) is 5.92 Å². The van der Waals surface area contributed by atoms with Gasteiger partial charge in [-0.2, -0.15) is 0 Å². The maximum Gasteiger partial charge on any atom is 0.130 e. The minimum Gasteiger partial charge on any atom is -0.366 e. The second kappa shape index (κ2) is 2.97. The molecule has 1 aliphatic carbocycles. The van der Waals surface area contributed by atoms with Crippen molar-refractivity contribution in [2.45, 2.75) is 25.3 Å². The number of aromatic nitrogens is 1. The Morgan fingerprint density at radius 3 is 2.94 bits per heavy atom. The van der Waals surface area contributed by atoms with Crippen molar-refractivity contribution in [1.29, 1.82) is 0 Å². The second-order valence-electron chi connectivity index (χ2n) is 4.98. The molecule has 1 aromatic heterocycles. The van der Waals surface area contributed by atoms with Crippen molar-refractivity contribution < 1.29 is 0 Å². The molecule has 2 heterocycles. The van der Waals surface area contributed by atoms with E-state index in [0.717, 1.165) is 23.7 Å². The fraction of sp³-hybridized carbons (Fsp3) is 0.357. The maximum absolute atomic E-state index is 4.71. The van der Waals surface area contributed by atoms with Gasteiger partial charge in [0.25, 0.3) is 0 Å². The van der Waals surface area contributed by atoms with E-state index in [-0.39, 0.29) is 0 Å². The Hall–Kier alpha value is -1.57. The Bertz CT molecular complexity index is 513. The predicted molar refractivity (Wildman–Crippen MR) is 65.6 cm³/mol. The van der Waals surface area contributed by atoms with Gasteiger partial charge >= 0.3 is 0 Å². The van der Waals surface area contributed by atoms with Gasteiger partial charge in [-0.05, 0) is 42.9 Å². The summed E-state index contributed by atoms with van der Waals surface area (Å²) < 4.78 is 0. The Balaban J connectivity index is 1.82. The van der Waals surface area contributed by atoms with Crippen LogP contribution in [0.5, 0.6) is 0 Å². The zero-order valence-electron chi connectivity index (χ0n) is 9.11. The minimum atomic E-state index is 0.652. The summed E-state index contributed by atoms with van der Waals surface area (Å²) >= 11 is 0. The van der Waals surface area contributed by atoms with Crippen LogP contribution in [0.3, 0.4) is 0 Å². The molecule has 80 valence electrons. The van der Waals surface area contributed by atoms with Gasteiger partial charge in [-0.15, -0.1) is 0 Å². The Labute approximate surface area is 94.7 Å². The van der Waals surface area contributed by atoms with E-state index in [0.29, 0.717) is 6.04 Å². The molecule has 0 unspecified atom stereocenters. The van der Waals surface area contributed by atoms with Crippen LogP contribution in [0.1, 0.15) is 18.4 Å². The number of benzene rings is 1. The van der Waals surface area contributed by atoms with Crippen molar-refractivity contribution in [3.8, 4) is 0 Å². The number of fused-ring (bicyclic) bond motifs is 2. The lowest BCUT2D eigenvalue weighted by Crippen LogP contribution is -2.17. The Morgan fingerprint density at radius 2 is 2.06 bits per heavy atom. The van der Waals surface area contributed by atoms with Gasteiger partial charge < -0.3 is 5.32 Å². The van der Waals surface area contributed by atoms with Gasteiger partial charge in [0.1, 0.15) is 5.82 Å². The van der Waals surface area contributed by atoms with Crippen LogP contribution in [0, 0.1) is 5.92 Å². The molecule has 2 aliphatic rings. The Kier molecular flexibility index (Phi) is 1.59. The Morgan fingerprint density at radius 1 is 1.19 bits per heavy atom. The molecule has 2 heteroatoms. The number of para-hydroxylation sites is 1. The molecule has 16 heavy (non-hydrogen) atoms. The molecule has 1 fully saturated rings. The van der Waals surface area contributed by atoms with Gasteiger partial charge in [-0.3, -0.25) is 0 Å². The van der Waals surface area contributed by atoms with Gasteiger partial charge in [0.15, 0.2) is 0 Å². The van der Waals surface area contributed by atoms with Crippen molar-refractivity contribution in [3.63, 3.8) is 0 Å². The molecule has 0 spiro atoms. The van der Waals surface area contributed by atoms with Crippen LogP contribution < -0.4 is 5.32 Å². The zero-order chi connectivity index (χ0) is 10.5. The molecule has 0 radical (unpaired) electrons. The average molecular weight is 210 g/mol. The monoisotopic (exact) mass is 210 g/mol. The van der Waals surface area contributed by atoms with Crippen LogP contribution in [0.4, 0.5) is 5.82 Å². The first-order valence-electron chi connectivity index (χ1n) is 6.05. The number of rotatable bonds is 1. The summed E-state index contributed by atoms with van der Waals surface area (Å²) in [5.74, 6) is 2.02. The average Bonchev–Trinajstić information content (AvgIpc) is 3.07. The van der Waals surface area contributed by atoms with Gasteiger partial charge in [0.2, 0.25) is 0 Å². The van der Waals surface area contributed by atoms with Crippen molar-refractivity contribution in [1.82, 2.24) is 4.98 Å². The molecule has 2 nitrogen and oxygen atoms in total. The summed E-state index contributed by atoms with van der Waals surface area (Å²) in [6.45, 7) is 0. The number of hydrogen-bond acceptors (Lipinski definition) is 2. The highest BCUT2D eigenvalue weighted by atomic mass is 15.1. The summed E-state index contributed by atoms with van der Waals surface area (Å²) in [5, 5.41) is 4.84. The smallest absolute Gasteiger partial charge is 0.130 e. The molecule has 1 N–H and O–H groups in total. The second-order valence-corrected chi connectivity index (χ2v) is 4.98. The highest BCUT2D eigenvalue weighted by molar-refractivity contribution is 5.82. The maximum atomic E-state index is 4.71. The van der Waals surface area contributed by atoms with E-state index in [1.807, 2.05) is 0 Å². The van der Waals surface area contributed by atoms with Gasteiger partial charge in [0, 0.05) is 11.4 Å². The van der Waals surface area contributed by atoms with Crippen LogP contribution in [0.2, 0.25) is 0 Å². The molecule has 0 amide bonds. The van der Waals surface area contributed by atoms with Crippen molar-refractivity contribution in [2.75, 3.05) is 5.32 Å². The lowest BCUT2D eigenvalue weighted by Gasteiger charge is -2.07. The van der Waals surface area contributed by atoms with Crippen molar-refractivity contribution in [3.05, 3.63) is 35.9 Å². The van der Waals surface area contributed by atoms with Gasteiger partial charge in [0.05, 0.1) is 5.52 Å². The third-order valence-corrected chi connectivity index (χ3v) is 3.76. The zero-order valence-corrected chi connectivity index (χ0v) is 9.11. The van der Waals surface area contributed by atoms with Crippen LogP contribution in [-0.2, 0) is 6.42 Å². The molecule has 1 saturated carbocycles. The summed E-state index contributed by atoms with van der Waals surface area (Å²) in [6, 6.07) is 11.3. The summed E-state index contributed by atoms with van der Waals surface area (Å²) in [5.41, 5.74) is 2.50. The topological polar surface area (TPSA) is 24.9 Å². The minimum absolute atomic E-state index is 0.652. The van der Waals surface area contributed by atoms with Crippen LogP contribution in [0.15, 0.2) is 30.3 Å². The van der Waals surface area contributed by atoms with E-state index in [1.54, 1.807) is 0 Å². The van der Waals surface area contributed by atoms with E-state index in [1.165, 1.54) is 23.8 Å². The normalized spacial score (nSPS) is 23.1. The van der Waals surface area contributed by atoms with E-state index in [2.05, 4.69) is 35.6 Å². The summed E-state index contributed by atoms with van der Waals surface area (Å²) in [7, 11) is 0. The highest BCUT2D eigenvalue weighted by Crippen LogP contribution is 2.40. The molecule has 0 bridgehead atoms. The number of pyridine rings is 1. The molecule has 4 rings (SSSR count). The molecule has 0 saturated heterocycles. The number of nitrogens with zero attached hydrogens (tertiary/aromatic N) is 1. The van der Waals surface area contributed by atoms with Crippen LogP contribution in [0.25, 0.3) is 10.9 Å². The summed E-state index contributed by atoms with van der Waals surface area (Å²) in [6.07, 6.45) is 3.95. The number of hydrogen-bond donors (Lipinski definition) is 1. The predicted octanol–water partition coefficient (Wildman–Crippen LogP) is 2.98. The standard InChI is InChI=1S/C14H14N2/c1-2-4-12-10(3-1)7-11-8-13(9-5-6-9)16-14(11)15-12/h1-4,7,9,13H,5-6,8H2,(H,15,16)/t13-/m0/s1. The number of nitrogens with one attached hydrogen (secondary N) is 1. The van der Waals surface area contributed by atoms with Crippen LogP contribution >= 0.6 is 0 Å². The summed E-state index contributed by atoms with van der Waals surface area (Å²) in [4.78, 5) is 4.71. The van der Waals surface area contributed by atoms with Gasteiger partial charge in [-0.25, -0.2) is 4.98 Å². The van der Waals surface area contributed by atoms with Crippen molar-refractivity contribution >= 4 is 16.7 Å². The van der Waals surface area contributed by atoms with E-state index < -0.39 is 0 Å². The molecule has 1 aliphatic heterocycles. The highest BCUT2D eigenvalue weighted by Gasteiger charge is 2.35. The van der Waals surface area contributed by atoms with E-state index in [4.69, 9.17) is 4.98 Å².